The SMILES string of the molecule is CC(C)(C)OO.CCCC.O=C(c1cc(C2=CCOCC2)sn1)N1CCCC1c1ccc(F)cc1. The van der Waals surface area contributed by atoms with Crippen molar-refractivity contribution < 1.29 is 24.1 Å². The molecule has 1 atom stereocenters. The van der Waals surface area contributed by atoms with Crippen molar-refractivity contribution in [3.05, 3.63) is 58.4 Å². The predicted molar refractivity (Wildman–Crippen MR) is 139 cm³/mol. The van der Waals surface area contributed by atoms with Crippen molar-refractivity contribution in [2.45, 2.75) is 78.4 Å². The fourth-order valence-electron chi connectivity index (χ4n) is 3.47. The van der Waals surface area contributed by atoms with Gasteiger partial charge in [0.1, 0.15) is 11.5 Å². The second-order valence-electron chi connectivity index (χ2n) is 9.54. The fourth-order valence-corrected chi connectivity index (χ4v) is 4.26. The maximum absolute atomic E-state index is 13.2. The van der Waals surface area contributed by atoms with Crippen molar-refractivity contribution in [2.75, 3.05) is 19.8 Å². The third-order valence-electron chi connectivity index (χ3n) is 5.55. The highest BCUT2D eigenvalue weighted by molar-refractivity contribution is 7.07. The van der Waals surface area contributed by atoms with Crippen LogP contribution in [-0.4, -0.2) is 45.8 Å². The first-order valence-corrected chi connectivity index (χ1v) is 13.1. The van der Waals surface area contributed by atoms with Crippen molar-refractivity contribution in [3.8, 4) is 0 Å². The van der Waals surface area contributed by atoms with E-state index in [1.807, 2.05) is 11.0 Å². The highest BCUT2D eigenvalue weighted by Crippen LogP contribution is 2.34. The molecule has 8 heteroatoms. The van der Waals surface area contributed by atoms with Crippen LogP contribution in [0.25, 0.3) is 5.57 Å². The van der Waals surface area contributed by atoms with Crippen LogP contribution < -0.4 is 0 Å². The minimum atomic E-state index is -0.403. The molecule has 1 saturated heterocycles. The van der Waals surface area contributed by atoms with Gasteiger partial charge in [-0.2, -0.15) is 4.37 Å². The van der Waals surface area contributed by atoms with Crippen molar-refractivity contribution in [3.63, 3.8) is 0 Å². The number of halogens is 1. The summed E-state index contributed by atoms with van der Waals surface area (Å²) in [4.78, 5) is 19.8. The lowest BCUT2D eigenvalue weighted by Crippen LogP contribution is -2.30. The maximum atomic E-state index is 13.2. The molecule has 1 N–H and O–H groups in total. The third-order valence-corrected chi connectivity index (χ3v) is 6.42. The van der Waals surface area contributed by atoms with E-state index in [9.17, 15) is 9.18 Å². The Bertz CT molecular complexity index is 935. The zero-order chi connectivity index (χ0) is 25.8. The molecule has 3 heterocycles. The maximum Gasteiger partial charge on any atom is 0.274 e. The summed E-state index contributed by atoms with van der Waals surface area (Å²) in [6, 6.07) is 8.34. The Morgan fingerprint density at radius 3 is 2.46 bits per heavy atom. The molecule has 0 aliphatic carbocycles. The van der Waals surface area contributed by atoms with Crippen molar-refractivity contribution >= 4 is 23.0 Å². The van der Waals surface area contributed by atoms with Crippen molar-refractivity contribution in [1.82, 2.24) is 9.27 Å². The molecule has 0 saturated carbocycles. The average molecular weight is 507 g/mol. The van der Waals surface area contributed by atoms with Gasteiger partial charge in [0.15, 0.2) is 0 Å². The molecule has 194 valence electrons. The number of ether oxygens (including phenoxy) is 1. The summed E-state index contributed by atoms with van der Waals surface area (Å²) in [5, 5.41) is 7.90. The summed E-state index contributed by atoms with van der Waals surface area (Å²) in [7, 11) is 0. The Hall–Kier alpha value is -2.13. The Morgan fingerprint density at radius 1 is 1.26 bits per heavy atom. The summed E-state index contributed by atoms with van der Waals surface area (Å²) in [5.41, 5.74) is 2.29. The normalized spacial score (nSPS) is 17.6. The van der Waals surface area contributed by atoms with Crippen LogP contribution in [0.1, 0.15) is 93.7 Å². The summed E-state index contributed by atoms with van der Waals surface area (Å²) in [6.07, 6.45) is 7.41. The number of rotatable bonds is 4. The van der Waals surface area contributed by atoms with Gasteiger partial charge in [-0.3, -0.25) is 10.1 Å². The summed E-state index contributed by atoms with van der Waals surface area (Å²) in [5.74, 6) is -0.296. The third kappa shape index (κ3) is 9.44. The fraction of sp³-hybridized carbons (Fsp3) is 0.556. The number of carbonyl (C=O) groups excluding carboxylic acids is 1. The van der Waals surface area contributed by atoms with Crippen LogP contribution in [0.5, 0.6) is 0 Å². The number of benzene rings is 1. The largest absolute Gasteiger partial charge is 0.377 e. The molecular weight excluding hydrogens is 467 g/mol. The van der Waals surface area contributed by atoms with E-state index in [1.54, 1.807) is 32.9 Å². The quantitative estimate of drug-likeness (QED) is 0.352. The number of amides is 1. The Balaban J connectivity index is 0.000000368. The van der Waals surface area contributed by atoms with Crippen LogP contribution in [0.3, 0.4) is 0 Å². The number of aromatic nitrogens is 1. The number of nitrogens with zero attached hydrogens (tertiary/aromatic N) is 2. The van der Waals surface area contributed by atoms with E-state index in [0.29, 0.717) is 25.5 Å². The molecular formula is C27H39FN2O4S. The molecule has 2 aliphatic heterocycles. The van der Waals surface area contributed by atoms with Gasteiger partial charge in [-0.25, -0.2) is 9.28 Å². The number of unbranched alkanes of at least 4 members (excludes halogenated alkanes) is 1. The molecule has 0 radical (unpaired) electrons. The molecule has 0 bridgehead atoms. The monoisotopic (exact) mass is 506 g/mol. The highest BCUT2D eigenvalue weighted by atomic mass is 32.1. The van der Waals surface area contributed by atoms with Crippen LogP contribution in [-0.2, 0) is 9.62 Å². The van der Waals surface area contributed by atoms with E-state index in [4.69, 9.17) is 9.99 Å². The van der Waals surface area contributed by atoms with Gasteiger partial charge in [-0.05, 0) is 80.9 Å². The van der Waals surface area contributed by atoms with Crippen LogP contribution in [0.15, 0.2) is 36.4 Å². The number of hydrogen-bond donors (Lipinski definition) is 1. The zero-order valence-corrected chi connectivity index (χ0v) is 22.4. The lowest BCUT2D eigenvalue weighted by atomic mass is 10.0. The van der Waals surface area contributed by atoms with E-state index in [2.05, 4.69) is 29.2 Å². The molecule has 1 fully saturated rings. The molecule has 1 amide bonds. The average Bonchev–Trinajstić information content (AvgIpc) is 3.55. The molecule has 2 aliphatic rings. The van der Waals surface area contributed by atoms with E-state index >= 15 is 0 Å². The van der Waals surface area contributed by atoms with Crippen LogP contribution in [0.2, 0.25) is 0 Å². The minimum absolute atomic E-state index is 0.000506. The first-order valence-electron chi connectivity index (χ1n) is 12.3. The first-order chi connectivity index (χ1) is 16.7. The van der Waals surface area contributed by atoms with Gasteiger partial charge in [-0.1, -0.05) is 44.9 Å². The number of likely N-dealkylation sites (tertiary alicyclic amines) is 1. The van der Waals surface area contributed by atoms with Gasteiger partial charge < -0.3 is 9.64 Å². The molecule has 0 spiro atoms. The number of hydrogen-bond acceptors (Lipinski definition) is 6. The molecule has 1 aromatic carbocycles. The highest BCUT2D eigenvalue weighted by Gasteiger charge is 2.32. The van der Waals surface area contributed by atoms with Gasteiger partial charge in [0.25, 0.3) is 5.91 Å². The smallest absolute Gasteiger partial charge is 0.274 e. The summed E-state index contributed by atoms with van der Waals surface area (Å²) < 4.78 is 22.9. The van der Waals surface area contributed by atoms with Gasteiger partial charge in [0.2, 0.25) is 0 Å². The van der Waals surface area contributed by atoms with E-state index in [1.165, 1.54) is 42.1 Å². The van der Waals surface area contributed by atoms with Crippen molar-refractivity contribution in [2.24, 2.45) is 0 Å². The molecule has 1 aromatic heterocycles. The first kappa shape index (κ1) is 29.1. The minimum Gasteiger partial charge on any atom is -0.377 e. The molecule has 35 heavy (non-hydrogen) atoms. The van der Waals surface area contributed by atoms with Crippen LogP contribution >= 0.6 is 11.5 Å². The second-order valence-corrected chi connectivity index (χ2v) is 10.3. The lowest BCUT2D eigenvalue weighted by molar-refractivity contribution is -0.306. The zero-order valence-electron chi connectivity index (χ0n) is 21.6. The summed E-state index contributed by atoms with van der Waals surface area (Å²) in [6.45, 7) is 11.7. The Kier molecular flexibility index (Phi) is 12.0. The van der Waals surface area contributed by atoms with Gasteiger partial charge in [0.05, 0.1) is 29.7 Å². The molecule has 4 rings (SSSR count). The second kappa shape index (κ2) is 14.4. The molecule has 1 unspecified atom stereocenters. The van der Waals surface area contributed by atoms with Gasteiger partial charge in [0, 0.05) is 6.54 Å². The van der Waals surface area contributed by atoms with Crippen LogP contribution in [0, 0.1) is 5.82 Å². The van der Waals surface area contributed by atoms with E-state index in [0.717, 1.165) is 29.7 Å². The number of carbonyl (C=O) groups is 1. The molecule has 6 nitrogen and oxygen atoms in total. The standard InChI is InChI=1S/C19H19FN2O2S.C4H10O2.C4H10/c20-15-5-3-13(4-6-15)17-2-1-9-22(17)19(23)16-12-18(25-21-16)14-7-10-24-11-8-14;1-4(2,3)6-5;1-3-4-2/h3-7,12,17H,1-2,8-11H2;5H,1-3H3;3-4H2,1-2H3. The molecule has 2 aromatic rings. The van der Waals surface area contributed by atoms with E-state index in [-0.39, 0.29) is 17.8 Å². The summed E-state index contributed by atoms with van der Waals surface area (Å²) >= 11 is 1.37. The Labute approximate surface area is 212 Å². The van der Waals surface area contributed by atoms with E-state index < -0.39 is 5.60 Å². The van der Waals surface area contributed by atoms with Gasteiger partial charge in [-0.15, -0.1) is 0 Å². The van der Waals surface area contributed by atoms with Gasteiger partial charge >= 0.3 is 0 Å². The van der Waals surface area contributed by atoms with Crippen LogP contribution in [0.4, 0.5) is 4.39 Å². The topological polar surface area (TPSA) is 71.9 Å². The lowest BCUT2D eigenvalue weighted by Gasteiger charge is -2.24. The Morgan fingerprint density at radius 2 is 1.91 bits per heavy atom. The van der Waals surface area contributed by atoms with Crippen molar-refractivity contribution in [1.29, 1.82) is 0 Å². The predicted octanol–water partition coefficient (Wildman–Crippen LogP) is 7.14.